The zero-order chi connectivity index (χ0) is 23.5. The number of carbonyl (C=O) groups is 2. The van der Waals surface area contributed by atoms with E-state index in [1.165, 1.54) is 0 Å². The topological polar surface area (TPSA) is 119 Å². The molecule has 2 amide bonds. The Morgan fingerprint density at radius 2 is 1.94 bits per heavy atom. The Morgan fingerprint density at radius 3 is 2.50 bits per heavy atom. The van der Waals surface area contributed by atoms with Gasteiger partial charge in [-0.3, -0.25) is 9.59 Å². The fourth-order valence-corrected chi connectivity index (χ4v) is 5.38. The van der Waals surface area contributed by atoms with Crippen LogP contribution in [0, 0.1) is 12.8 Å². The highest BCUT2D eigenvalue weighted by molar-refractivity contribution is 7.91. The highest BCUT2D eigenvalue weighted by Crippen LogP contribution is 2.27. The van der Waals surface area contributed by atoms with Crippen LogP contribution in [0.25, 0.3) is 0 Å². The number of aryl methyl sites for hydroxylation is 1. The number of aromatic nitrogens is 2. The van der Waals surface area contributed by atoms with Crippen LogP contribution < -0.4 is 15.4 Å². The van der Waals surface area contributed by atoms with E-state index in [1.54, 1.807) is 41.9 Å². The summed E-state index contributed by atoms with van der Waals surface area (Å²) in [6, 6.07) is 7.31. The average molecular weight is 463 g/mol. The van der Waals surface area contributed by atoms with E-state index in [0.717, 1.165) is 0 Å². The zero-order valence-electron chi connectivity index (χ0n) is 18.8. The Morgan fingerprint density at radius 1 is 1.25 bits per heavy atom. The van der Waals surface area contributed by atoms with Crippen molar-refractivity contribution < 1.29 is 22.7 Å². The molecule has 0 saturated carbocycles. The molecule has 1 aromatic heterocycles. The van der Waals surface area contributed by atoms with Crippen molar-refractivity contribution >= 4 is 27.5 Å². The molecule has 2 N–H and O–H groups in total. The summed E-state index contributed by atoms with van der Waals surface area (Å²) in [4.78, 5) is 25.8. The molecular formula is C22H30N4O5S. The third kappa shape index (κ3) is 5.67. The van der Waals surface area contributed by atoms with E-state index in [-0.39, 0.29) is 35.3 Å². The summed E-state index contributed by atoms with van der Waals surface area (Å²) in [5.74, 6) is 0.270. The van der Waals surface area contributed by atoms with Crippen LogP contribution in [0.1, 0.15) is 49.3 Å². The van der Waals surface area contributed by atoms with Crippen LogP contribution in [0.5, 0.6) is 5.75 Å². The normalized spacial score (nSPS) is 18.3. The Balaban J connectivity index is 1.73. The minimum atomic E-state index is -3.10. The van der Waals surface area contributed by atoms with Gasteiger partial charge in [-0.15, -0.1) is 0 Å². The average Bonchev–Trinajstić information content (AvgIpc) is 3.27. The van der Waals surface area contributed by atoms with Crippen molar-refractivity contribution in [3.8, 4) is 5.75 Å². The van der Waals surface area contributed by atoms with E-state index >= 15 is 0 Å². The Hall–Kier alpha value is -2.88. The zero-order valence-corrected chi connectivity index (χ0v) is 19.6. The van der Waals surface area contributed by atoms with Crippen LogP contribution in [0.2, 0.25) is 0 Å². The minimum absolute atomic E-state index is 0.000916. The third-order valence-electron chi connectivity index (χ3n) is 5.33. The second-order valence-electron chi connectivity index (χ2n) is 8.31. The second-order valence-corrected chi connectivity index (χ2v) is 10.5. The van der Waals surface area contributed by atoms with Gasteiger partial charge >= 0.3 is 0 Å². The van der Waals surface area contributed by atoms with Gasteiger partial charge in [0, 0.05) is 11.6 Å². The van der Waals surface area contributed by atoms with Crippen LogP contribution in [-0.4, -0.2) is 54.2 Å². The molecule has 1 aliphatic rings. The summed E-state index contributed by atoms with van der Waals surface area (Å²) in [7, 11) is -3.10. The van der Waals surface area contributed by atoms with Gasteiger partial charge in [0.05, 0.1) is 29.8 Å². The van der Waals surface area contributed by atoms with Crippen molar-refractivity contribution in [2.24, 2.45) is 5.92 Å². The number of nitrogens with one attached hydrogen (secondary N) is 2. The predicted molar refractivity (Wildman–Crippen MR) is 122 cm³/mol. The lowest BCUT2D eigenvalue weighted by molar-refractivity contribution is -0.118. The van der Waals surface area contributed by atoms with Gasteiger partial charge in [-0.1, -0.05) is 13.8 Å². The van der Waals surface area contributed by atoms with Crippen LogP contribution in [0.3, 0.4) is 0 Å². The van der Waals surface area contributed by atoms with Crippen molar-refractivity contribution in [3.63, 3.8) is 0 Å². The number of nitrogens with zero attached hydrogens (tertiary/aromatic N) is 2. The number of rotatable bonds is 8. The first kappa shape index (κ1) is 23.8. The summed E-state index contributed by atoms with van der Waals surface area (Å²) < 4.78 is 30.7. The Bertz CT molecular complexity index is 1080. The highest BCUT2D eigenvalue weighted by atomic mass is 32.2. The first-order valence-corrected chi connectivity index (χ1v) is 12.5. The molecule has 10 heteroatoms. The van der Waals surface area contributed by atoms with E-state index in [2.05, 4.69) is 15.7 Å². The molecule has 2 aromatic rings. The third-order valence-corrected chi connectivity index (χ3v) is 7.08. The second kappa shape index (κ2) is 9.72. The monoisotopic (exact) mass is 462 g/mol. The summed E-state index contributed by atoms with van der Waals surface area (Å²) in [6.45, 7) is 7.88. The van der Waals surface area contributed by atoms with Gasteiger partial charge < -0.3 is 15.4 Å². The fourth-order valence-electron chi connectivity index (χ4n) is 3.69. The quantitative estimate of drug-likeness (QED) is 0.621. The molecular weight excluding hydrogens is 432 g/mol. The molecule has 1 fully saturated rings. The lowest BCUT2D eigenvalue weighted by atomic mass is 10.0. The highest BCUT2D eigenvalue weighted by Gasteiger charge is 2.32. The van der Waals surface area contributed by atoms with E-state index in [1.807, 2.05) is 20.8 Å². The molecule has 2 unspecified atom stereocenters. The van der Waals surface area contributed by atoms with Crippen molar-refractivity contribution in [2.45, 2.75) is 46.2 Å². The summed E-state index contributed by atoms with van der Waals surface area (Å²) in [6.07, 6.45) is 0.453. The molecule has 0 spiro atoms. The van der Waals surface area contributed by atoms with Crippen molar-refractivity contribution in [2.75, 3.05) is 23.4 Å². The van der Waals surface area contributed by atoms with Gasteiger partial charge in [-0.2, -0.15) is 5.10 Å². The van der Waals surface area contributed by atoms with Crippen molar-refractivity contribution in [1.29, 1.82) is 0 Å². The van der Waals surface area contributed by atoms with Crippen molar-refractivity contribution in [3.05, 3.63) is 41.6 Å². The molecule has 0 bridgehead atoms. The number of hydrogen-bond donors (Lipinski definition) is 2. The van der Waals surface area contributed by atoms with Crippen LogP contribution in [0.15, 0.2) is 30.3 Å². The Kier molecular flexibility index (Phi) is 7.22. The molecule has 2 atom stereocenters. The first-order valence-electron chi connectivity index (χ1n) is 10.7. The maximum atomic E-state index is 13.1. The lowest BCUT2D eigenvalue weighted by Crippen LogP contribution is -2.47. The van der Waals surface area contributed by atoms with Crippen LogP contribution >= 0.6 is 0 Å². The first-order chi connectivity index (χ1) is 15.1. The molecule has 1 aromatic carbocycles. The van der Waals surface area contributed by atoms with Crippen LogP contribution in [-0.2, 0) is 14.6 Å². The molecule has 0 radical (unpaired) electrons. The number of sulfone groups is 1. The SMILES string of the molecule is CCOc1ccc(C(=O)NC(C(=O)Nc2cc(C)nn2C2CCS(=O)(=O)C2)C(C)C)cc1. The number of ether oxygens (including phenoxy) is 1. The standard InChI is InChI=1S/C22H30N4O5S/c1-5-31-18-8-6-16(7-9-18)21(27)24-20(14(2)3)22(28)23-19-12-15(4)25-26(19)17-10-11-32(29,30)13-17/h6-9,12,14,17,20H,5,10-11,13H2,1-4H3,(H,23,28)(H,24,27). The molecule has 1 saturated heterocycles. The maximum absolute atomic E-state index is 13.1. The molecule has 174 valence electrons. The number of amides is 2. The minimum Gasteiger partial charge on any atom is -0.494 e. The molecule has 9 nitrogen and oxygen atoms in total. The molecule has 0 aliphatic carbocycles. The van der Waals surface area contributed by atoms with Crippen LogP contribution in [0.4, 0.5) is 5.82 Å². The number of benzene rings is 1. The summed E-state index contributed by atoms with van der Waals surface area (Å²) in [5.41, 5.74) is 1.09. The number of carbonyl (C=O) groups excluding carboxylic acids is 2. The van der Waals surface area contributed by atoms with Gasteiger partial charge in [0.15, 0.2) is 9.84 Å². The number of hydrogen-bond acceptors (Lipinski definition) is 6. The summed E-state index contributed by atoms with van der Waals surface area (Å²) >= 11 is 0. The maximum Gasteiger partial charge on any atom is 0.251 e. The fraction of sp³-hybridized carbons (Fsp3) is 0.500. The largest absolute Gasteiger partial charge is 0.494 e. The van der Waals surface area contributed by atoms with Crippen molar-refractivity contribution in [1.82, 2.24) is 15.1 Å². The molecule has 1 aliphatic heterocycles. The van der Waals surface area contributed by atoms with E-state index in [0.29, 0.717) is 35.9 Å². The van der Waals surface area contributed by atoms with Gasteiger partial charge in [0.1, 0.15) is 17.6 Å². The smallest absolute Gasteiger partial charge is 0.251 e. The molecule has 32 heavy (non-hydrogen) atoms. The summed E-state index contributed by atoms with van der Waals surface area (Å²) in [5, 5.41) is 10.0. The van der Waals surface area contributed by atoms with E-state index < -0.39 is 15.9 Å². The van der Waals surface area contributed by atoms with Gasteiger partial charge in [0.25, 0.3) is 5.91 Å². The Labute approximate surface area is 188 Å². The van der Waals surface area contributed by atoms with Gasteiger partial charge in [-0.05, 0) is 50.5 Å². The molecule has 2 heterocycles. The van der Waals surface area contributed by atoms with Gasteiger partial charge in [-0.25, -0.2) is 13.1 Å². The van der Waals surface area contributed by atoms with E-state index in [9.17, 15) is 18.0 Å². The lowest BCUT2D eigenvalue weighted by Gasteiger charge is -2.22. The van der Waals surface area contributed by atoms with Gasteiger partial charge in [0.2, 0.25) is 5.91 Å². The van der Waals surface area contributed by atoms with E-state index in [4.69, 9.17) is 4.74 Å². The molecule has 3 rings (SSSR count). The predicted octanol–water partition coefficient (Wildman–Crippen LogP) is 2.34. The number of anilines is 1.